The number of benzene rings is 3. The second-order valence-corrected chi connectivity index (χ2v) is 13.5. The van der Waals surface area contributed by atoms with Gasteiger partial charge in [0.05, 0.1) is 11.0 Å². The predicted molar refractivity (Wildman–Crippen MR) is 176 cm³/mol. The highest BCUT2D eigenvalue weighted by molar-refractivity contribution is 7.21. The lowest BCUT2D eigenvalue weighted by Crippen LogP contribution is -2.58. The molecule has 1 saturated heterocycles. The van der Waals surface area contributed by atoms with E-state index in [1.165, 1.54) is 29.2 Å². The molecule has 1 aliphatic heterocycles. The number of nitrogens with zero attached hydrogens (tertiary/aromatic N) is 1. The summed E-state index contributed by atoms with van der Waals surface area (Å²) in [5.41, 5.74) is 6.95. The molecule has 2 heterocycles. The molecule has 4 aromatic rings. The minimum atomic E-state index is -3.84. The van der Waals surface area contributed by atoms with Gasteiger partial charge in [-0.3, -0.25) is 14.4 Å². The van der Waals surface area contributed by atoms with Gasteiger partial charge >= 0.3 is 5.92 Å². The van der Waals surface area contributed by atoms with E-state index in [0.717, 1.165) is 52.7 Å². The Morgan fingerprint density at radius 3 is 2.20 bits per heavy atom. The summed E-state index contributed by atoms with van der Waals surface area (Å²) in [7, 11) is 0. The summed E-state index contributed by atoms with van der Waals surface area (Å²) in [5, 5.41) is 3.40. The number of nitrogens with one attached hydrogen (secondary N) is 1. The van der Waals surface area contributed by atoms with Gasteiger partial charge < -0.3 is 20.7 Å². The third-order valence-corrected chi connectivity index (χ3v) is 10.1. The number of hydrogen-bond acceptors (Lipinski definition) is 6. The zero-order valence-electron chi connectivity index (χ0n) is 25.0. The second-order valence-electron chi connectivity index (χ2n) is 11.9. The van der Waals surface area contributed by atoms with Gasteiger partial charge in [-0.25, -0.2) is 0 Å². The fourth-order valence-corrected chi connectivity index (χ4v) is 7.16. The molecule has 2 aliphatic rings. The van der Waals surface area contributed by atoms with E-state index in [4.69, 9.17) is 22.1 Å². The lowest BCUT2D eigenvalue weighted by Gasteiger charge is -2.35. The predicted octanol–water partition coefficient (Wildman–Crippen LogP) is 6.95. The van der Waals surface area contributed by atoms with E-state index < -0.39 is 35.1 Å². The molecule has 0 spiro atoms. The number of hydrogen-bond donors (Lipinski definition) is 2. The normalized spacial score (nSPS) is 16.8. The van der Waals surface area contributed by atoms with Crippen molar-refractivity contribution in [2.75, 3.05) is 13.1 Å². The van der Waals surface area contributed by atoms with Gasteiger partial charge in [-0.1, -0.05) is 48.0 Å². The van der Waals surface area contributed by atoms with Gasteiger partial charge in [0.25, 0.3) is 17.6 Å². The van der Waals surface area contributed by atoms with E-state index >= 15 is 8.78 Å². The van der Waals surface area contributed by atoms with E-state index in [1.54, 1.807) is 36.4 Å². The number of ether oxygens (including phenoxy) is 1. The first-order chi connectivity index (χ1) is 22.1. The molecule has 46 heavy (non-hydrogen) atoms. The molecular weight excluding hydrogens is 632 g/mol. The smallest absolute Gasteiger partial charge is 0.302 e. The minimum Gasteiger partial charge on any atom is -0.490 e. The average Bonchev–Trinajstić information content (AvgIpc) is 3.73. The Morgan fingerprint density at radius 2 is 1.54 bits per heavy atom. The van der Waals surface area contributed by atoms with E-state index in [9.17, 15) is 14.4 Å². The van der Waals surface area contributed by atoms with Crippen LogP contribution in [0.1, 0.15) is 53.8 Å². The summed E-state index contributed by atoms with van der Waals surface area (Å²) < 4.78 is 39.3. The van der Waals surface area contributed by atoms with Crippen molar-refractivity contribution in [1.82, 2.24) is 10.2 Å². The largest absolute Gasteiger partial charge is 0.490 e. The highest BCUT2D eigenvalue weighted by Crippen LogP contribution is 2.36. The Kier molecular flexibility index (Phi) is 9.40. The number of fused-ring (bicyclic) bond motifs is 1. The molecule has 3 N–H and O–H groups in total. The van der Waals surface area contributed by atoms with Crippen LogP contribution in [0.5, 0.6) is 5.75 Å². The highest BCUT2D eigenvalue weighted by atomic mass is 35.5. The lowest BCUT2D eigenvalue weighted by molar-refractivity contribution is -0.149. The third kappa shape index (κ3) is 6.94. The standard InChI is InChI=1S/C35H34ClF2N3O4S/c36-25-12-7-22(8-13-25)21-5-10-24(11-6-21)35(37,38)32(34(44)41-17-15-26(39)16-18-41)40-33(43)31(42)30-19-23-9-14-28(20-29(23)46-30)45-27-3-1-2-4-27/h5-14,19-20,26-27,32H,1-4,15-18,39H2,(H,40,43)/t32-/m1/s1. The maximum absolute atomic E-state index is 16.3. The van der Waals surface area contributed by atoms with Crippen LogP contribution in [0.2, 0.25) is 5.02 Å². The summed E-state index contributed by atoms with van der Waals surface area (Å²) >= 11 is 7.05. The van der Waals surface area contributed by atoms with Crippen molar-refractivity contribution in [3.63, 3.8) is 0 Å². The summed E-state index contributed by atoms with van der Waals surface area (Å²) in [6, 6.07) is 17.0. The lowest BCUT2D eigenvalue weighted by atomic mass is 9.95. The highest BCUT2D eigenvalue weighted by Gasteiger charge is 2.49. The maximum Gasteiger partial charge on any atom is 0.302 e. The number of alkyl halides is 2. The van der Waals surface area contributed by atoms with Gasteiger partial charge in [0.2, 0.25) is 0 Å². The minimum absolute atomic E-state index is 0.0799. The fourth-order valence-electron chi connectivity index (χ4n) is 6.01. The van der Waals surface area contributed by atoms with Crippen LogP contribution >= 0.6 is 22.9 Å². The van der Waals surface area contributed by atoms with Crippen molar-refractivity contribution >= 4 is 50.6 Å². The first-order valence-corrected chi connectivity index (χ1v) is 16.6. The number of rotatable bonds is 9. The van der Waals surface area contributed by atoms with E-state index in [2.05, 4.69) is 5.32 Å². The number of halogens is 3. The molecule has 240 valence electrons. The fraction of sp³-hybridized carbons (Fsp3) is 0.343. The number of thiophene rings is 1. The van der Waals surface area contributed by atoms with Crippen molar-refractivity contribution in [3.8, 4) is 16.9 Å². The summed E-state index contributed by atoms with van der Waals surface area (Å²) in [5.74, 6) is -6.40. The van der Waals surface area contributed by atoms with Crippen LogP contribution in [-0.4, -0.2) is 53.8 Å². The Balaban J connectivity index is 1.24. The molecule has 1 atom stereocenters. The van der Waals surface area contributed by atoms with Crippen LogP contribution in [0.25, 0.3) is 21.2 Å². The SMILES string of the molecule is NC1CCN(C(=O)[C@@H](NC(=O)C(=O)c2cc3ccc(OC4CCCC4)cc3s2)C(F)(F)c2ccc(-c3ccc(Cl)cc3)cc2)CC1. The molecule has 0 radical (unpaired) electrons. The quantitative estimate of drug-likeness (QED) is 0.149. The molecule has 11 heteroatoms. The summed E-state index contributed by atoms with van der Waals surface area (Å²) in [6.45, 7) is 0.348. The van der Waals surface area contributed by atoms with Crippen LogP contribution in [0.4, 0.5) is 8.78 Å². The molecule has 1 aliphatic carbocycles. The summed E-state index contributed by atoms with van der Waals surface area (Å²) in [6.07, 6.45) is 5.29. The number of likely N-dealkylation sites (tertiary alicyclic amines) is 1. The molecule has 6 rings (SSSR count). The number of nitrogens with two attached hydrogens (primary N) is 1. The van der Waals surface area contributed by atoms with Gasteiger partial charge in [-0.15, -0.1) is 11.3 Å². The molecular formula is C35H34ClF2N3O4S. The second kappa shape index (κ2) is 13.5. The van der Waals surface area contributed by atoms with Crippen molar-refractivity contribution in [2.45, 2.75) is 62.6 Å². The number of ketones is 1. The Hall–Kier alpha value is -3.86. The van der Waals surface area contributed by atoms with Crippen LogP contribution in [0.15, 0.2) is 72.8 Å². The van der Waals surface area contributed by atoms with Gasteiger partial charge in [0.15, 0.2) is 6.04 Å². The van der Waals surface area contributed by atoms with Crippen molar-refractivity contribution in [2.24, 2.45) is 5.73 Å². The first kappa shape index (κ1) is 32.1. The average molecular weight is 666 g/mol. The number of amides is 2. The molecule has 3 aromatic carbocycles. The van der Waals surface area contributed by atoms with Crippen molar-refractivity contribution in [3.05, 3.63) is 88.3 Å². The van der Waals surface area contributed by atoms with Crippen LogP contribution in [0.3, 0.4) is 0 Å². The molecule has 2 fully saturated rings. The third-order valence-electron chi connectivity index (χ3n) is 8.71. The van der Waals surface area contributed by atoms with E-state index in [1.807, 2.05) is 12.1 Å². The molecule has 0 bridgehead atoms. The zero-order chi connectivity index (χ0) is 32.4. The van der Waals surface area contributed by atoms with E-state index in [0.29, 0.717) is 29.2 Å². The van der Waals surface area contributed by atoms with Gasteiger partial charge in [-0.2, -0.15) is 8.78 Å². The summed E-state index contributed by atoms with van der Waals surface area (Å²) in [4.78, 5) is 41.6. The molecule has 0 unspecified atom stereocenters. The Bertz CT molecular complexity index is 1730. The number of carbonyl (C=O) groups excluding carboxylic acids is 3. The number of carbonyl (C=O) groups is 3. The van der Waals surface area contributed by atoms with Crippen molar-refractivity contribution in [1.29, 1.82) is 0 Å². The van der Waals surface area contributed by atoms with Crippen LogP contribution in [0, 0.1) is 0 Å². The molecule has 2 amide bonds. The van der Waals surface area contributed by atoms with Crippen LogP contribution < -0.4 is 15.8 Å². The topological polar surface area (TPSA) is 102 Å². The van der Waals surface area contributed by atoms with Gasteiger partial charge in [-0.05, 0) is 91.4 Å². The van der Waals surface area contributed by atoms with Gasteiger partial charge in [0.1, 0.15) is 5.75 Å². The molecule has 7 nitrogen and oxygen atoms in total. The monoisotopic (exact) mass is 665 g/mol. The van der Waals surface area contributed by atoms with Crippen molar-refractivity contribution < 1.29 is 27.9 Å². The molecule has 1 aromatic heterocycles. The van der Waals surface area contributed by atoms with E-state index in [-0.39, 0.29) is 30.1 Å². The number of piperidine rings is 1. The number of Topliss-reactive ketones (excluding diaryl/α,β-unsaturated/α-hetero) is 1. The Labute approximate surface area is 274 Å². The maximum atomic E-state index is 16.3. The zero-order valence-corrected chi connectivity index (χ0v) is 26.6. The van der Waals surface area contributed by atoms with Crippen LogP contribution in [-0.2, 0) is 15.5 Å². The van der Waals surface area contributed by atoms with Gasteiger partial charge in [0, 0.05) is 34.4 Å². The first-order valence-electron chi connectivity index (χ1n) is 15.4. The Morgan fingerprint density at radius 1 is 0.913 bits per heavy atom. The molecule has 1 saturated carbocycles.